The highest BCUT2D eigenvalue weighted by Gasteiger charge is 2.25. The third-order valence-corrected chi connectivity index (χ3v) is 4.32. The maximum atomic E-state index is 5.47. The van der Waals surface area contributed by atoms with Crippen LogP contribution in [-0.4, -0.2) is 34.1 Å². The predicted molar refractivity (Wildman–Crippen MR) is 79.5 cm³/mol. The first kappa shape index (κ1) is 13.4. The molecule has 7 heteroatoms. The van der Waals surface area contributed by atoms with Crippen molar-refractivity contribution in [2.24, 2.45) is 11.8 Å². The summed E-state index contributed by atoms with van der Waals surface area (Å²) in [4.78, 5) is 15.4. The van der Waals surface area contributed by atoms with Gasteiger partial charge < -0.3 is 10.2 Å². The number of hydrogen-bond donors (Lipinski definition) is 3. The summed E-state index contributed by atoms with van der Waals surface area (Å²) in [5.74, 6) is 7.92. The van der Waals surface area contributed by atoms with Crippen molar-refractivity contribution in [3.63, 3.8) is 0 Å². The normalized spacial score (nSPS) is 26.0. The summed E-state index contributed by atoms with van der Waals surface area (Å²) in [5, 5.41) is 3.44. The first-order chi connectivity index (χ1) is 9.76. The van der Waals surface area contributed by atoms with Crippen molar-refractivity contribution in [3.05, 3.63) is 0 Å². The molecule has 4 N–H and O–H groups in total. The highest BCUT2D eigenvalue weighted by atomic mass is 15.4. The van der Waals surface area contributed by atoms with E-state index in [1.54, 1.807) is 0 Å². The van der Waals surface area contributed by atoms with Crippen molar-refractivity contribution in [2.45, 2.75) is 45.1 Å². The maximum Gasteiger partial charge on any atom is 0.243 e. The van der Waals surface area contributed by atoms with Crippen LogP contribution in [0.15, 0.2) is 0 Å². The highest BCUT2D eigenvalue weighted by Crippen LogP contribution is 2.27. The van der Waals surface area contributed by atoms with E-state index in [1.807, 2.05) is 0 Å². The average molecular weight is 277 g/mol. The Kier molecular flexibility index (Phi) is 3.86. The molecule has 20 heavy (non-hydrogen) atoms. The molecule has 0 aromatic carbocycles. The Bertz CT molecular complexity index is 458. The second kappa shape index (κ2) is 5.78. The number of hydrogen-bond acceptors (Lipinski definition) is 7. The number of nitrogen functional groups attached to an aromatic ring is 1. The summed E-state index contributed by atoms with van der Waals surface area (Å²) in [6, 6.07) is 0.453. The lowest BCUT2D eigenvalue weighted by Crippen LogP contribution is -2.26. The van der Waals surface area contributed by atoms with Gasteiger partial charge in [-0.3, -0.25) is 5.43 Å². The van der Waals surface area contributed by atoms with E-state index in [1.165, 1.54) is 32.1 Å². The molecule has 2 heterocycles. The second-order valence-corrected chi connectivity index (χ2v) is 5.78. The summed E-state index contributed by atoms with van der Waals surface area (Å²) < 4.78 is 0. The molecule has 0 bridgehead atoms. The van der Waals surface area contributed by atoms with Gasteiger partial charge in [0.05, 0.1) is 0 Å². The van der Waals surface area contributed by atoms with Crippen molar-refractivity contribution >= 4 is 17.8 Å². The van der Waals surface area contributed by atoms with Crippen molar-refractivity contribution in [2.75, 3.05) is 28.7 Å². The number of nitrogens with zero attached hydrogens (tertiary/aromatic N) is 4. The first-order valence-corrected chi connectivity index (χ1v) is 7.50. The Morgan fingerprint density at radius 3 is 2.45 bits per heavy atom. The summed E-state index contributed by atoms with van der Waals surface area (Å²) in [5.41, 5.74) is 2.54. The molecule has 2 unspecified atom stereocenters. The van der Waals surface area contributed by atoms with E-state index >= 15 is 0 Å². The lowest BCUT2D eigenvalue weighted by Gasteiger charge is -2.20. The van der Waals surface area contributed by atoms with E-state index in [0.29, 0.717) is 23.9 Å². The SMILES string of the molecule is CC1CCCC1Nc1nc(NN)nc(N2CCCC2)n1. The minimum absolute atomic E-state index is 0.426. The van der Waals surface area contributed by atoms with Gasteiger partial charge in [-0.2, -0.15) is 15.0 Å². The number of hydrazine groups is 1. The fourth-order valence-electron chi connectivity index (χ4n) is 3.08. The Labute approximate surface area is 119 Å². The topological polar surface area (TPSA) is 92.0 Å². The summed E-state index contributed by atoms with van der Waals surface area (Å²) in [6.45, 7) is 4.29. The molecule has 0 radical (unpaired) electrons. The zero-order valence-corrected chi connectivity index (χ0v) is 12.0. The molecular weight excluding hydrogens is 254 g/mol. The van der Waals surface area contributed by atoms with Crippen molar-refractivity contribution in [1.82, 2.24) is 15.0 Å². The van der Waals surface area contributed by atoms with Crippen molar-refractivity contribution in [1.29, 1.82) is 0 Å². The summed E-state index contributed by atoms with van der Waals surface area (Å²) in [7, 11) is 0. The van der Waals surface area contributed by atoms with E-state index in [9.17, 15) is 0 Å². The van der Waals surface area contributed by atoms with Crippen LogP contribution in [0.25, 0.3) is 0 Å². The van der Waals surface area contributed by atoms with Crippen LogP contribution >= 0.6 is 0 Å². The van der Waals surface area contributed by atoms with Crippen molar-refractivity contribution in [3.8, 4) is 0 Å². The highest BCUT2D eigenvalue weighted by molar-refractivity contribution is 5.44. The fourth-order valence-corrected chi connectivity index (χ4v) is 3.08. The number of aromatic nitrogens is 3. The molecule has 2 aliphatic rings. The van der Waals surface area contributed by atoms with Gasteiger partial charge in [-0.15, -0.1) is 0 Å². The zero-order valence-electron chi connectivity index (χ0n) is 12.0. The van der Waals surface area contributed by atoms with Crippen LogP contribution in [0, 0.1) is 5.92 Å². The summed E-state index contributed by atoms with van der Waals surface area (Å²) in [6.07, 6.45) is 6.10. The average Bonchev–Trinajstić information content (AvgIpc) is 3.11. The van der Waals surface area contributed by atoms with E-state index < -0.39 is 0 Å². The van der Waals surface area contributed by atoms with Crippen molar-refractivity contribution < 1.29 is 0 Å². The van der Waals surface area contributed by atoms with Gasteiger partial charge in [0.1, 0.15) is 0 Å². The van der Waals surface area contributed by atoms with Crippen LogP contribution in [0.5, 0.6) is 0 Å². The maximum absolute atomic E-state index is 5.47. The van der Waals surface area contributed by atoms with Gasteiger partial charge in [-0.1, -0.05) is 13.3 Å². The largest absolute Gasteiger partial charge is 0.351 e. The van der Waals surface area contributed by atoms with Gasteiger partial charge in [-0.05, 0) is 31.6 Å². The smallest absolute Gasteiger partial charge is 0.243 e. The van der Waals surface area contributed by atoms with Gasteiger partial charge in [0, 0.05) is 19.1 Å². The number of nitrogens with one attached hydrogen (secondary N) is 2. The molecule has 1 saturated carbocycles. The first-order valence-electron chi connectivity index (χ1n) is 7.50. The zero-order chi connectivity index (χ0) is 13.9. The molecule has 0 spiro atoms. The van der Waals surface area contributed by atoms with E-state index in [-0.39, 0.29) is 0 Å². The van der Waals surface area contributed by atoms with Gasteiger partial charge >= 0.3 is 0 Å². The Morgan fingerprint density at radius 2 is 1.80 bits per heavy atom. The second-order valence-electron chi connectivity index (χ2n) is 5.78. The molecule has 3 rings (SSSR count). The molecule has 7 nitrogen and oxygen atoms in total. The van der Waals surface area contributed by atoms with Crippen LogP contribution in [-0.2, 0) is 0 Å². The van der Waals surface area contributed by atoms with Crippen LogP contribution < -0.4 is 21.5 Å². The fraction of sp³-hybridized carbons (Fsp3) is 0.769. The van der Waals surface area contributed by atoms with Gasteiger partial charge in [0.2, 0.25) is 17.8 Å². The summed E-state index contributed by atoms with van der Waals surface area (Å²) >= 11 is 0. The van der Waals surface area contributed by atoms with E-state index in [0.717, 1.165) is 19.0 Å². The molecule has 110 valence electrons. The molecule has 1 saturated heterocycles. The van der Waals surface area contributed by atoms with E-state index in [2.05, 4.69) is 37.5 Å². The predicted octanol–water partition coefficient (Wildman–Crippen LogP) is 1.36. The molecular formula is C13H23N7. The molecule has 1 aromatic heterocycles. The molecule has 1 aliphatic carbocycles. The Hall–Kier alpha value is -1.63. The third-order valence-electron chi connectivity index (χ3n) is 4.32. The molecule has 1 aromatic rings. The minimum atomic E-state index is 0.426. The minimum Gasteiger partial charge on any atom is -0.351 e. The monoisotopic (exact) mass is 277 g/mol. The molecule has 2 atom stereocenters. The number of rotatable bonds is 4. The molecule has 2 fully saturated rings. The van der Waals surface area contributed by atoms with Gasteiger partial charge in [-0.25, -0.2) is 5.84 Å². The van der Waals surface area contributed by atoms with Crippen LogP contribution in [0.3, 0.4) is 0 Å². The molecule has 1 aliphatic heterocycles. The van der Waals surface area contributed by atoms with Crippen LogP contribution in [0.1, 0.15) is 39.0 Å². The lowest BCUT2D eigenvalue weighted by atomic mass is 10.1. The van der Waals surface area contributed by atoms with Crippen LogP contribution in [0.4, 0.5) is 17.8 Å². The third kappa shape index (κ3) is 2.77. The Balaban J connectivity index is 1.80. The quantitative estimate of drug-likeness (QED) is 0.565. The van der Waals surface area contributed by atoms with Gasteiger partial charge in [0.25, 0.3) is 0 Å². The lowest BCUT2D eigenvalue weighted by molar-refractivity contribution is 0.553. The number of nitrogens with two attached hydrogens (primary N) is 1. The van der Waals surface area contributed by atoms with E-state index in [4.69, 9.17) is 5.84 Å². The van der Waals surface area contributed by atoms with Crippen LogP contribution in [0.2, 0.25) is 0 Å². The standard InChI is InChI=1S/C13H23N7/c1-9-5-4-6-10(9)15-11-16-12(19-14)18-13(17-11)20-7-2-3-8-20/h9-10H,2-8,14H2,1H3,(H2,15,16,17,18,19). The van der Waals surface area contributed by atoms with Gasteiger partial charge in [0.15, 0.2) is 0 Å². The Morgan fingerprint density at radius 1 is 1.05 bits per heavy atom. The number of anilines is 3. The molecule has 0 amide bonds.